The van der Waals surface area contributed by atoms with Gasteiger partial charge in [0, 0.05) is 6.42 Å². The summed E-state index contributed by atoms with van der Waals surface area (Å²) in [6.07, 6.45) is 0.920. The zero-order valence-corrected chi connectivity index (χ0v) is 6.37. The summed E-state index contributed by atoms with van der Waals surface area (Å²) in [5.74, 6) is -0.813. The van der Waals surface area contributed by atoms with Crippen molar-refractivity contribution in [2.24, 2.45) is 0 Å². The molecule has 2 rings (SSSR count). The number of carbonyl (C=O) groups excluding carboxylic acids is 3. The van der Waals surface area contributed by atoms with Crippen LogP contribution in [0.5, 0.6) is 0 Å². The van der Waals surface area contributed by atoms with Gasteiger partial charge in [0.1, 0.15) is 12.6 Å². The summed E-state index contributed by atoms with van der Waals surface area (Å²) in [7, 11) is 0. The van der Waals surface area contributed by atoms with E-state index >= 15 is 0 Å². The molecule has 2 heterocycles. The topological polar surface area (TPSA) is 66.5 Å². The first-order valence-corrected chi connectivity index (χ1v) is 3.81. The van der Waals surface area contributed by atoms with Gasteiger partial charge < -0.3 is 4.90 Å². The smallest absolute Gasteiger partial charge is 0.249 e. The summed E-state index contributed by atoms with van der Waals surface area (Å²) in [5, 5.41) is 2.20. The molecule has 0 saturated carbocycles. The average Bonchev–Trinajstić information content (AvgIpc) is 2.33. The first kappa shape index (κ1) is 7.27. The quantitative estimate of drug-likeness (QED) is 0.454. The predicted octanol–water partition coefficient (Wildman–Crippen LogP) is -1.37. The van der Waals surface area contributed by atoms with E-state index in [0.717, 1.165) is 0 Å². The van der Waals surface area contributed by atoms with Gasteiger partial charge in [-0.15, -0.1) is 0 Å². The highest BCUT2D eigenvalue weighted by atomic mass is 16.2. The minimum absolute atomic E-state index is 0.0369. The van der Waals surface area contributed by atoms with E-state index in [-0.39, 0.29) is 24.3 Å². The number of fused-ring (bicyclic) bond motifs is 1. The van der Waals surface area contributed by atoms with Gasteiger partial charge in [-0.1, -0.05) is 0 Å². The van der Waals surface area contributed by atoms with E-state index in [0.29, 0.717) is 12.8 Å². The van der Waals surface area contributed by atoms with Crippen LogP contribution in [0.1, 0.15) is 12.8 Å². The highest BCUT2D eigenvalue weighted by Crippen LogP contribution is 2.20. The lowest BCUT2D eigenvalue weighted by Crippen LogP contribution is -2.56. The van der Waals surface area contributed by atoms with E-state index in [4.69, 9.17) is 0 Å². The highest BCUT2D eigenvalue weighted by Gasteiger charge is 2.40. The molecule has 0 aromatic heterocycles. The molecule has 0 radical (unpaired) electrons. The van der Waals surface area contributed by atoms with Crippen molar-refractivity contribution in [2.75, 3.05) is 6.54 Å². The molecule has 64 valence electrons. The molecule has 0 aromatic carbocycles. The van der Waals surface area contributed by atoms with Crippen LogP contribution in [-0.2, 0) is 14.4 Å². The normalized spacial score (nSPS) is 28.8. The van der Waals surface area contributed by atoms with E-state index in [1.165, 1.54) is 4.90 Å². The zero-order valence-electron chi connectivity index (χ0n) is 6.37. The van der Waals surface area contributed by atoms with Crippen LogP contribution in [0, 0.1) is 0 Å². The zero-order chi connectivity index (χ0) is 8.72. The van der Waals surface area contributed by atoms with Gasteiger partial charge in [0.15, 0.2) is 0 Å². The number of nitrogens with zero attached hydrogens (tertiary/aromatic N) is 1. The molecule has 2 fully saturated rings. The Hall–Kier alpha value is -1.39. The van der Waals surface area contributed by atoms with E-state index in [9.17, 15) is 14.4 Å². The summed E-state index contributed by atoms with van der Waals surface area (Å²) in [5.41, 5.74) is 0. The maximum atomic E-state index is 11.1. The maximum Gasteiger partial charge on any atom is 0.249 e. The number of nitrogens with one attached hydrogen (secondary N) is 1. The van der Waals surface area contributed by atoms with Gasteiger partial charge in [-0.05, 0) is 6.42 Å². The molecular formula is C7H8N2O3. The second-order valence-electron chi connectivity index (χ2n) is 2.99. The average molecular weight is 168 g/mol. The first-order valence-electron chi connectivity index (χ1n) is 3.81. The summed E-state index contributed by atoms with van der Waals surface area (Å²) in [4.78, 5) is 34.4. The molecule has 5 nitrogen and oxygen atoms in total. The van der Waals surface area contributed by atoms with E-state index in [1.54, 1.807) is 0 Å². The van der Waals surface area contributed by atoms with Crippen LogP contribution in [0.4, 0.5) is 0 Å². The van der Waals surface area contributed by atoms with Gasteiger partial charge in [-0.3, -0.25) is 19.7 Å². The van der Waals surface area contributed by atoms with Crippen molar-refractivity contribution < 1.29 is 14.4 Å². The number of hydrogen-bond donors (Lipinski definition) is 1. The van der Waals surface area contributed by atoms with Crippen molar-refractivity contribution in [3.05, 3.63) is 0 Å². The van der Waals surface area contributed by atoms with Crippen molar-refractivity contribution in [1.29, 1.82) is 0 Å². The first-order chi connectivity index (χ1) is 5.68. The lowest BCUT2D eigenvalue weighted by molar-refractivity contribution is -0.145. The number of rotatable bonds is 0. The Kier molecular flexibility index (Phi) is 1.39. The van der Waals surface area contributed by atoms with Crippen molar-refractivity contribution in [3.8, 4) is 0 Å². The van der Waals surface area contributed by atoms with Crippen LogP contribution in [0.25, 0.3) is 0 Å². The number of carbonyl (C=O) groups is 3. The van der Waals surface area contributed by atoms with Crippen LogP contribution in [0.15, 0.2) is 0 Å². The highest BCUT2D eigenvalue weighted by molar-refractivity contribution is 6.05. The summed E-state index contributed by atoms with van der Waals surface area (Å²) < 4.78 is 0. The fourth-order valence-electron chi connectivity index (χ4n) is 1.62. The minimum Gasteiger partial charge on any atom is -0.321 e. The Balaban J connectivity index is 2.24. The van der Waals surface area contributed by atoms with Gasteiger partial charge >= 0.3 is 0 Å². The molecule has 2 aliphatic heterocycles. The fourth-order valence-corrected chi connectivity index (χ4v) is 1.62. The molecule has 12 heavy (non-hydrogen) atoms. The third kappa shape index (κ3) is 0.895. The summed E-state index contributed by atoms with van der Waals surface area (Å²) in [6.45, 7) is 0.0369. The van der Waals surface area contributed by atoms with Crippen molar-refractivity contribution in [3.63, 3.8) is 0 Å². The Morgan fingerprint density at radius 2 is 2.08 bits per heavy atom. The number of imide groups is 1. The van der Waals surface area contributed by atoms with Crippen LogP contribution >= 0.6 is 0 Å². The van der Waals surface area contributed by atoms with Crippen LogP contribution in [0.3, 0.4) is 0 Å². The number of hydrogen-bond acceptors (Lipinski definition) is 3. The number of amides is 3. The summed E-state index contributed by atoms with van der Waals surface area (Å²) in [6, 6.07) is -0.393. The fraction of sp³-hybridized carbons (Fsp3) is 0.571. The second kappa shape index (κ2) is 2.30. The maximum absolute atomic E-state index is 11.1. The molecule has 1 atom stereocenters. The lowest BCUT2D eigenvalue weighted by Gasteiger charge is -2.27. The van der Waals surface area contributed by atoms with Gasteiger partial charge in [0.2, 0.25) is 17.7 Å². The molecule has 0 aliphatic carbocycles. The molecule has 0 bridgehead atoms. The molecule has 5 heteroatoms. The van der Waals surface area contributed by atoms with Crippen LogP contribution in [0.2, 0.25) is 0 Å². The summed E-state index contributed by atoms with van der Waals surface area (Å²) >= 11 is 0. The Labute approximate surface area is 68.7 Å². The molecule has 0 unspecified atom stereocenters. The van der Waals surface area contributed by atoms with Crippen molar-refractivity contribution >= 4 is 17.7 Å². The van der Waals surface area contributed by atoms with Gasteiger partial charge in [0.05, 0.1) is 0 Å². The molecule has 0 aromatic rings. The molecule has 3 amide bonds. The molecular weight excluding hydrogens is 160 g/mol. The predicted molar refractivity (Wildman–Crippen MR) is 37.9 cm³/mol. The van der Waals surface area contributed by atoms with Crippen molar-refractivity contribution in [1.82, 2.24) is 10.2 Å². The molecule has 2 saturated heterocycles. The Bertz CT molecular complexity index is 274. The van der Waals surface area contributed by atoms with Gasteiger partial charge in [-0.2, -0.15) is 0 Å². The molecule has 0 spiro atoms. The monoisotopic (exact) mass is 168 g/mol. The van der Waals surface area contributed by atoms with E-state index < -0.39 is 6.04 Å². The number of piperazine rings is 1. The Morgan fingerprint density at radius 1 is 1.33 bits per heavy atom. The van der Waals surface area contributed by atoms with Gasteiger partial charge in [-0.25, -0.2) is 0 Å². The molecule has 2 aliphatic rings. The SMILES string of the molecule is O=C1CN2C(=O)CC[C@H]2C(=O)N1. The minimum atomic E-state index is -0.393. The van der Waals surface area contributed by atoms with Crippen molar-refractivity contribution in [2.45, 2.75) is 18.9 Å². The standard InChI is InChI=1S/C7H8N2O3/c10-5-3-9-4(7(12)8-5)1-2-6(9)11/h4H,1-3H2,(H,8,10,12)/t4-/m0/s1. The van der Waals surface area contributed by atoms with Gasteiger partial charge in [0.25, 0.3) is 0 Å². The van der Waals surface area contributed by atoms with Crippen LogP contribution < -0.4 is 5.32 Å². The second-order valence-corrected chi connectivity index (χ2v) is 2.99. The van der Waals surface area contributed by atoms with E-state index in [2.05, 4.69) is 5.32 Å². The van der Waals surface area contributed by atoms with Crippen LogP contribution in [-0.4, -0.2) is 35.2 Å². The largest absolute Gasteiger partial charge is 0.321 e. The Morgan fingerprint density at radius 3 is 2.83 bits per heavy atom. The molecule has 1 N–H and O–H groups in total. The third-order valence-corrected chi connectivity index (χ3v) is 2.21. The lowest BCUT2D eigenvalue weighted by atomic mass is 10.2. The van der Waals surface area contributed by atoms with E-state index in [1.807, 2.05) is 0 Å². The third-order valence-electron chi connectivity index (χ3n) is 2.21.